The first-order chi connectivity index (χ1) is 9.19. The van der Waals surface area contributed by atoms with Gasteiger partial charge in [-0.15, -0.1) is 0 Å². The molecule has 0 saturated heterocycles. The van der Waals surface area contributed by atoms with Gasteiger partial charge < -0.3 is 4.74 Å². The van der Waals surface area contributed by atoms with Gasteiger partial charge in [-0.2, -0.15) is 0 Å². The summed E-state index contributed by atoms with van der Waals surface area (Å²) in [6.07, 6.45) is 4.57. The fraction of sp³-hybridized carbons (Fsp3) is 0.133. The summed E-state index contributed by atoms with van der Waals surface area (Å²) in [5.74, 6) is -0.438. The number of hydrogen-bond acceptors (Lipinski definition) is 4. The molecule has 0 saturated carbocycles. The topological polar surface area (TPSA) is 52.1 Å². The maximum atomic E-state index is 11.0. The minimum absolute atomic E-state index is 0.201. The van der Waals surface area contributed by atoms with E-state index in [9.17, 15) is 4.79 Å². The summed E-state index contributed by atoms with van der Waals surface area (Å²) >= 11 is 0. The van der Waals surface area contributed by atoms with Gasteiger partial charge in [0.2, 0.25) is 0 Å². The van der Waals surface area contributed by atoms with Gasteiger partial charge in [0.15, 0.2) is 0 Å². The van der Waals surface area contributed by atoms with E-state index < -0.39 is 5.97 Å². The maximum Gasteiger partial charge on any atom is 0.330 e. The first-order valence-electron chi connectivity index (χ1n) is 5.86. The molecule has 0 aliphatic carbocycles. The molecule has 0 unspecified atom stereocenters. The van der Waals surface area contributed by atoms with E-state index in [2.05, 4.69) is 16.5 Å². The minimum atomic E-state index is -0.438. The zero-order valence-corrected chi connectivity index (χ0v) is 10.7. The Kier molecular flexibility index (Phi) is 4.03. The summed E-state index contributed by atoms with van der Waals surface area (Å²) in [4.78, 5) is 19.6. The molecule has 0 bridgehead atoms. The Bertz CT molecular complexity index is 609. The SMILES string of the molecule is C=CC(=O)OCc1ccnc(-c2cc(C)ccn2)c1. The molecule has 0 amide bonds. The Balaban J connectivity index is 2.19. The number of esters is 1. The third-order valence-corrected chi connectivity index (χ3v) is 2.55. The highest BCUT2D eigenvalue weighted by atomic mass is 16.5. The smallest absolute Gasteiger partial charge is 0.330 e. The van der Waals surface area contributed by atoms with E-state index in [0.29, 0.717) is 0 Å². The van der Waals surface area contributed by atoms with Crippen molar-refractivity contribution in [1.82, 2.24) is 9.97 Å². The fourth-order valence-corrected chi connectivity index (χ4v) is 1.59. The molecule has 96 valence electrons. The number of hydrogen-bond donors (Lipinski definition) is 0. The van der Waals surface area contributed by atoms with Crippen LogP contribution in [-0.2, 0) is 16.1 Å². The van der Waals surface area contributed by atoms with Crippen molar-refractivity contribution >= 4 is 5.97 Å². The van der Waals surface area contributed by atoms with Crippen molar-refractivity contribution in [2.75, 3.05) is 0 Å². The lowest BCUT2D eigenvalue weighted by atomic mass is 10.1. The van der Waals surface area contributed by atoms with E-state index in [4.69, 9.17) is 4.74 Å². The molecule has 4 heteroatoms. The van der Waals surface area contributed by atoms with Gasteiger partial charge in [-0.3, -0.25) is 9.97 Å². The summed E-state index contributed by atoms with van der Waals surface area (Å²) in [6.45, 7) is 5.55. The van der Waals surface area contributed by atoms with Crippen LogP contribution in [0.25, 0.3) is 11.4 Å². The molecule has 2 rings (SSSR count). The molecule has 0 aliphatic heterocycles. The van der Waals surface area contributed by atoms with Crippen molar-refractivity contribution in [2.45, 2.75) is 13.5 Å². The average molecular weight is 254 g/mol. The van der Waals surface area contributed by atoms with E-state index in [-0.39, 0.29) is 6.61 Å². The molecule has 0 aromatic carbocycles. The van der Waals surface area contributed by atoms with Gasteiger partial charge in [0.1, 0.15) is 6.61 Å². The third-order valence-electron chi connectivity index (χ3n) is 2.55. The van der Waals surface area contributed by atoms with Crippen LogP contribution < -0.4 is 0 Å². The van der Waals surface area contributed by atoms with Crippen LogP contribution in [0, 0.1) is 6.92 Å². The molecule has 0 aliphatic rings. The second-order valence-electron chi connectivity index (χ2n) is 4.08. The van der Waals surface area contributed by atoms with E-state index in [1.165, 1.54) is 0 Å². The highest BCUT2D eigenvalue weighted by molar-refractivity contribution is 5.81. The summed E-state index contributed by atoms with van der Waals surface area (Å²) in [5.41, 5.74) is 3.55. The Morgan fingerprint density at radius 3 is 2.63 bits per heavy atom. The standard InChI is InChI=1S/C15H14N2O2/c1-3-15(18)19-10-12-5-7-17-14(9-12)13-8-11(2)4-6-16-13/h3-9H,1,10H2,2H3. The molecule has 0 fully saturated rings. The summed E-state index contributed by atoms with van der Waals surface area (Å²) in [6, 6.07) is 7.55. The zero-order valence-electron chi connectivity index (χ0n) is 10.7. The lowest BCUT2D eigenvalue weighted by molar-refractivity contribution is -0.138. The van der Waals surface area contributed by atoms with Crippen molar-refractivity contribution in [3.63, 3.8) is 0 Å². The molecule has 0 N–H and O–H groups in total. The van der Waals surface area contributed by atoms with Gasteiger partial charge in [0.05, 0.1) is 11.4 Å². The molecule has 19 heavy (non-hydrogen) atoms. The van der Waals surface area contributed by atoms with Crippen LogP contribution in [0.3, 0.4) is 0 Å². The second-order valence-corrected chi connectivity index (χ2v) is 4.08. The van der Waals surface area contributed by atoms with Gasteiger partial charge in [-0.1, -0.05) is 6.58 Å². The number of aromatic nitrogens is 2. The van der Waals surface area contributed by atoms with Gasteiger partial charge in [-0.05, 0) is 42.3 Å². The summed E-state index contributed by atoms with van der Waals surface area (Å²) < 4.78 is 4.99. The number of rotatable bonds is 4. The van der Waals surface area contributed by atoms with Gasteiger partial charge >= 0.3 is 5.97 Å². The Hall–Kier alpha value is -2.49. The molecule has 0 radical (unpaired) electrons. The van der Waals surface area contributed by atoms with E-state index in [1.54, 1.807) is 18.5 Å². The molecular formula is C15H14N2O2. The highest BCUT2D eigenvalue weighted by Gasteiger charge is 2.04. The lowest BCUT2D eigenvalue weighted by Gasteiger charge is -2.05. The number of aryl methyl sites for hydroxylation is 1. The average Bonchev–Trinajstić information content (AvgIpc) is 2.45. The first-order valence-corrected chi connectivity index (χ1v) is 5.86. The first kappa shape index (κ1) is 13.0. The van der Waals surface area contributed by atoms with Gasteiger partial charge in [0.25, 0.3) is 0 Å². The van der Waals surface area contributed by atoms with Crippen LogP contribution >= 0.6 is 0 Å². The predicted molar refractivity (Wildman–Crippen MR) is 72.2 cm³/mol. The Morgan fingerprint density at radius 1 is 1.26 bits per heavy atom. The molecule has 0 atom stereocenters. The van der Waals surface area contributed by atoms with Crippen LogP contribution in [0.1, 0.15) is 11.1 Å². The Labute approximate surface area is 111 Å². The number of nitrogens with zero attached hydrogens (tertiary/aromatic N) is 2. The molecular weight excluding hydrogens is 240 g/mol. The van der Waals surface area contributed by atoms with Crippen molar-refractivity contribution in [2.24, 2.45) is 0 Å². The van der Waals surface area contributed by atoms with Gasteiger partial charge in [-0.25, -0.2) is 4.79 Å². The fourth-order valence-electron chi connectivity index (χ4n) is 1.59. The second kappa shape index (κ2) is 5.91. The molecule has 4 nitrogen and oxygen atoms in total. The van der Waals surface area contributed by atoms with Crippen molar-refractivity contribution in [1.29, 1.82) is 0 Å². The lowest BCUT2D eigenvalue weighted by Crippen LogP contribution is -2.00. The van der Waals surface area contributed by atoms with Crippen LogP contribution in [0.5, 0.6) is 0 Å². The quantitative estimate of drug-likeness (QED) is 0.621. The molecule has 2 aromatic rings. The normalized spacial score (nSPS) is 9.95. The van der Waals surface area contributed by atoms with E-state index in [0.717, 1.165) is 28.6 Å². The number of carbonyl (C=O) groups excluding carboxylic acids is 1. The van der Waals surface area contributed by atoms with E-state index in [1.807, 2.05) is 25.1 Å². The monoisotopic (exact) mass is 254 g/mol. The molecule has 2 heterocycles. The molecule has 0 spiro atoms. The maximum absolute atomic E-state index is 11.0. The van der Waals surface area contributed by atoms with Crippen LogP contribution in [0.15, 0.2) is 49.3 Å². The summed E-state index contributed by atoms with van der Waals surface area (Å²) in [7, 11) is 0. The minimum Gasteiger partial charge on any atom is -0.458 e. The van der Waals surface area contributed by atoms with E-state index >= 15 is 0 Å². The summed E-state index contributed by atoms with van der Waals surface area (Å²) in [5, 5.41) is 0. The van der Waals surface area contributed by atoms with Crippen molar-refractivity contribution in [3.8, 4) is 11.4 Å². The highest BCUT2D eigenvalue weighted by Crippen LogP contribution is 2.16. The van der Waals surface area contributed by atoms with Crippen LogP contribution in [0.2, 0.25) is 0 Å². The number of carbonyl (C=O) groups is 1. The van der Waals surface area contributed by atoms with Crippen LogP contribution in [-0.4, -0.2) is 15.9 Å². The van der Waals surface area contributed by atoms with Gasteiger partial charge in [0, 0.05) is 18.5 Å². The van der Waals surface area contributed by atoms with Crippen molar-refractivity contribution in [3.05, 3.63) is 60.4 Å². The van der Waals surface area contributed by atoms with Crippen LogP contribution in [0.4, 0.5) is 0 Å². The predicted octanol–water partition coefficient (Wildman–Crippen LogP) is 2.68. The molecule has 2 aromatic heterocycles. The number of pyridine rings is 2. The zero-order chi connectivity index (χ0) is 13.7. The van der Waals surface area contributed by atoms with Crippen molar-refractivity contribution < 1.29 is 9.53 Å². The third kappa shape index (κ3) is 3.48. The largest absolute Gasteiger partial charge is 0.458 e. The Morgan fingerprint density at radius 2 is 1.95 bits per heavy atom. The number of ether oxygens (including phenoxy) is 1.